The summed E-state index contributed by atoms with van der Waals surface area (Å²) in [6.07, 6.45) is 0.966. The van der Waals surface area contributed by atoms with Gasteiger partial charge in [0.25, 0.3) is 0 Å². The largest absolute Gasteiger partial charge is 1.00 e. The molecule has 27 heavy (non-hydrogen) atoms. The molecule has 0 spiro atoms. The van der Waals surface area contributed by atoms with Gasteiger partial charge in [-0.1, -0.05) is 36.4 Å². The Kier molecular flexibility index (Phi) is 7.77. The van der Waals surface area contributed by atoms with Gasteiger partial charge in [-0.15, -0.1) is 0 Å². The minimum Gasteiger partial charge on any atom is -1.00 e. The van der Waals surface area contributed by atoms with Crippen LogP contribution in [0.5, 0.6) is 17.2 Å². The summed E-state index contributed by atoms with van der Waals surface area (Å²) in [6.45, 7) is 1.87. The van der Waals surface area contributed by atoms with Crippen LogP contribution < -0.4 is 31.9 Å². The Morgan fingerprint density at radius 1 is 0.778 bits per heavy atom. The summed E-state index contributed by atoms with van der Waals surface area (Å²) in [5, 5.41) is 4.83. The van der Waals surface area contributed by atoms with E-state index in [4.69, 9.17) is 14.2 Å². The van der Waals surface area contributed by atoms with Crippen molar-refractivity contribution in [2.45, 2.75) is 13.0 Å². The van der Waals surface area contributed by atoms with Crippen LogP contribution in [0.15, 0.2) is 54.6 Å². The normalized spacial score (nSPS) is 10.3. The lowest BCUT2D eigenvalue weighted by atomic mass is 10.0. The predicted octanol–water partition coefficient (Wildman–Crippen LogP) is 0.176. The maximum Gasteiger partial charge on any atom is 0.160 e. The first kappa shape index (κ1) is 20.9. The fourth-order valence-corrected chi connectivity index (χ4v) is 3.27. The summed E-state index contributed by atoms with van der Waals surface area (Å²) in [6, 6.07) is 18.7. The molecule has 0 atom stereocenters. The quantitative estimate of drug-likeness (QED) is 0.561. The minimum absolute atomic E-state index is 0. The predicted molar refractivity (Wildman–Crippen MR) is 104 cm³/mol. The lowest BCUT2D eigenvalue weighted by Gasteiger charge is -2.12. The number of halogens is 1. The van der Waals surface area contributed by atoms with Crippen molar-refractivity contribution in [3.05, 3.63) is 65.7 Å². The molecule has 0 saturated carbocycles. The van der Waals surface area contributed by atoms with E-state index >= 15 is 0 Å². The summed E-state index contributed by atoms with van der Waals surface area (Å²) in [5.74, 6) is 2.49. The lowest BCUT2D eigenvalue weighted by Crippen LogP contribution is -3.00. The molecular formula is C22H26ClNO3. The summed E-state index contributed by atoms with van der Waals surface area (Å²) in [4.78, 5) is 0. The third-order valence-electron chi connectivity index (χ3n) is 4.65. The average Bonchev–Trinajstić information content (AvgIpc) is 2.70. The fraction of sp³-hybridized carbons (Fsp3) is 0.273. The van der Waals surface area contributed by atoms with Gasteiger partial charge in [0.05, 0.1) is 33.4 Å². The van der Waals surface area contributed by atoms with Crippen molar-refractivity contribution in [2.75, 3.05) is 27.9 Å². The Morgan fingerprint density at radius 3 is 2.22 bits per heavy atom. The Balaban J connectivity index is 0.00000261. The molecule has 0 amide bonds. The number of fused-ring (bicyclic) bond motifs is 1. The third kappa shape index (κ3) is 4.85. The maximum absolute atomic E-state index is 5.57. The van der Waals surface area contributed by atoms with E-state index in [1.165, 1.54) is 21.9 Å². The van der Waals surface area contributed by atoms with Gasteiger partial charge >= 0.3 is 0 Å². The molecular weight excluding hydrogens is 362 g/mol. The van der Waals surface area contributed by atoms with E-state index in [-0.39, 0.29) is 12.4 Å². The number of rotatable bonds is 8. The zero-order valence-electron chi connectivity index (χ0n) is 16.0. The summed E-state index contributed by atoms with van der Waals surface area (Å²) >= 11 is 0. The highest BCUT2D eigenvalue weighted by molar-refractivity contribution is 5.87. The zero-order valence-corrected chi connectivity index (χ0v) is 16.8. The van der Waals surface area contributed by atoms with Crippen LogP contribution in [0.1, 0.15) is 11.1 Å². The first-order chi connectivity index (χ1) is 12.8. The van der Waals surface area contributed by atoms with Crippen LogP contribution in [-0.2, 0) is 13.0 Å². The standard InChI is InChI=1S/C22H25NO3.ClH/c1-24-20-11-9-17-6-4-5-7-18(17)19(20)15-23-13-12-16-8-10-21(25-2)22(14-16)26-3;/h4-11,14,23H,12-13,15H2,1-3H3;1H. The molecule has 3 aromatic rings. The molecule has 0 aliphatic carbocycles. The number of methoxy groups -OCH3 is 3. The van der Waals surface area contributed by atoms with Crippen LogP contribution in [-0.4, -0.2) is 27.9 Å². The summed E-state index contributed by atoms with van der Waals surface area (Å²) in [7, 11) is 5.06. The molecule has 3 rings (SSSR count). The Labute approximate surface area is 166 Å². The Bertz CT molecular complexity index is 883. The second-order valence-corrected chi connectivity index (χ2v) is 6.19. The molecule has 0 aliphatic rings. The average molecular weight is 388 g/mol. The molecule has 0 unspecified atom stereocenters. The van der Waals surface area contributed by atoms with Gasteiger partial charge in [0.1, 0.15) is 12.3 Å². The van der Waals surface area contributed by atoms with Crippen LogP contribution in [0.25, 0.3) is 10.8 Å². The lowest BCUT2D eigenvalue weighted by molar-refractivity contribution is -0.670. The SMILES string of the molecule is COc1ccc(CC[NH2+]Cc2c(OC)ccc3ccccc23)cc1OC.[Cl-]. The molecule has 5 heteroatoms. The number of ether oxygens (including phenoxy) is 3. The van der Waals surface area contributed by atoms with Crippen molar-refractivity contribution in [3.8, 4) is 17.2 Å². The van der Waals surface area contributed by atoms with Crippen molar-refractivity contribution < 1.29 is 31.9 Å². The van der Waals surface area contributed by atoms with Gasteiger partial charge in [-0.3, -0.25) is 0 Å². The van der Waals surface area contributed by atoms with Gasteiger partial charge < -0.3 is 31.9 Å². The maximum atomic E-state index is 5.57. The van der Waals surface area contributed by atoms with E-state index in [0.717, 1.165) is 36.8 Å². The van der Waals surface area contributed by atoms with Crippen molar-refractivity contribution in [3.63, 3.8) is 0 Å². The van der Waals surface area contributed by atoms with E-state index in [1.807, 2.05) is 12.1 Å². The molecule has 0 aromatic heterocycles. The summed E-state index contributed by atoms with van der Waals surface area (Å²) in [5.41, 5.74) is 2.49. The van der Waals surface area contributed by atoms with Gasteiger partial charge in [-0.2, -0.15) is 0 Å². The van der Waals surface area contributed by atoms with Crippen LogP contribution >= 0.6 is 0 Å². The van der Waals surface area contributed by atoms with Crippen LogP contribution in [0.4, 0.5) is 0 Å². The first-order valence-corrected chi connectivity index (χ1v) is 8.84. The number of benzene rings is 3. The number of hydrogen-bond donors (Lipinski definition) is 1. The Morgan fingerprint density at radius 2 is 1.48 bits per heavy atom. The molecule has 2 N–H and O–H groups in total. The van der Waals surface area contributed by atoms with Crippen molar-refractivity contribution in [1.82, 2.24) is 0 Å². The van der Waals surface area contributed by atoms with E-state index in [0.29, 0.717) is 0 Å². The van der Waals surface area contributed by atoms with Gasteiger partial charge in [0.15, 0.2) is 11.5 Å². The van der Waals surface area contributed by atoms with Crippen LogP contribution in [0.3, 0.4) is 0 Å². The molecule has 0 radical (unpaired) electrons. The monoisotopic (exact) mass is 387 g/mol. The Hall–Kier alpha value is -2.43. The van der Waals surface area contributed by atoms with E-state index in [9.17, 15) is 0 Å². The van der Waals surface area contributed by atoms with Crippen molar-refractivity contribution >= 4 is 10.8 Å². The fourth-order valence-electron chi connectivity index (χ4n) is 3.27. The van der Waals surface area contributed by atoms with E-state index < -0.39 is 0 Å². The molecule has 0 fully saturated rings. The van der Waals surface area contributed by atoms with Gasteiger partial charge in [-0.05, 0) is 34.5 Å². The van der Waals surface area contributed by atoms with Gasteiger partial charge in [0.2, 0.25) is 0 Å². The van der Waals surface area contributed by atoms with E-state index in [1.54, 1.807) is 21.3 Å². The number of nitrogens with two attached hydrogens (primary N) is 1. The molecule has 0 saturated heterocycles. The van der Waals surface area contributed by atoms with Gasteiger partial charge in [-0.25, -0.2) is 0 Å². The molecule has 0 bridgehead atoms. The smallest absolute Gasteiger partial charge is 0.160 e. The molecule has 0 heterocycles. The zero-order chi connectivity index (χ0) is 18.4. The highest BCUT2D eigenvalue weighted by Gasteiger charge is 2.10. The van der Waals surface area contributed by atoms with Crippen LogP contribution in [0, 0.1) is 0 Å². The van der Waals surface area contributed by atoms with Crippen molar-refractivity contribution in [2.24, 2.45) is 0 Å². The van der Waals surface area contributed by atoms with Crippen LogP contribution in [0.2, 0.25) is 0 Å². The number of quaternary nitrogens is 1. The highest BCUT2D eigenvalue weighted by Crippen LogP contribution is 2.28. The third-order valence-corrected chi connectivity index (χ3v) is 4.65. The second-order valence-electron chi connectivity index (χ2n) is 6.19. The van der Waals surface area contributed by atoms with Crippen molar-refractivity contribution in [1.29, 1.82) is 0 Å². The first-order valence-electron chi connectivity index (χ1n) is 8.84. The highest BCUT2D eigenvalue weighted by atomic mass is 35.5. The minimum atomic E-state index is 0. The van der Waals surface area contributed by atoms with E-state index in [2.05, 4.69) is 47.8 Å². The molecule has 4 nitrogen and oxygen atoms in total. The summed E-state index contributed by atoms with van der Waals surface area (Å²) < 4.78 is 16.2. The molecule has 3 aromatic carbocycles. The number of hydrogen-bond acceptors (Lipinski definition) is 3. The van der Waals surface area contributed by atoms with Gasteiger partial charge in [0, 0.05) is 6.42 Å². The topological polar surface area (TPSA) is 44.3 Å². The second kappa shape index (κ2) is 10.0. The molecule has 0 aliphatic heterocycles. The molecule has 144 valence electrons.